The van der Waals surface area contributed by atoms with Crippen LogP contribution < -0.4 is 0 Å². The standard InChI is InChI=1S/C15H16N4OS/c1-20-9-7-12-15(11-6-8-16-10-17-11)13-4-3-5-14(21-2)19(13)18-12/h3-6,8,10H,7,9H2,1-2H3. The largest absolute Gasteiger partial charge is 0.384 e. The first-order valence-electron chi connectivity index (χ1n) is 6.65. The Morgan fingerprint density at radius 2 is 2.19 bits per heavy atom. The van der Waals surface area contributed by atoms with E-state index in [0.717, 1.165) is 33.9 Å². The molecule has 0 saturated heterocycles. The Bertz CT molecular complexity index is 742. The van der Waals surface area contributed by atoms with Crippen molar-refractivity contribution in [2.24, 2.45) is 0 Å². The van der Waals surface area contributed by atoms with Gasteiger partial charge in [-0.3, -0.25) is 0 Å². The maximum absolute atomic E-state index is 5.20. The lowest BCUT2D eigenvalue weighted by Gasteiger charge is -2.02. The second kappa shape index (κ2) is 6.24. The number of ether oxygens (including phenoxy) is 1. The van der Waals surface area contributed by atoms with Crippen molar-refractivity contribution in [1.29, 1.82) is 0 Å². The molecular formula is C15H16N4OS. The zero-order valence-corrected chi connectivity index (χ0v) is 12.8. The average Bonchev–Trinajstić information content (AvgIpc) is 2.92. The molecule has 0 amide bonds. The van der Waals surface area contributed by atoms with Crippen molar-refractivity contribution in [3.63, 3.8) is 0 Å². The molecule has 0 aromatic carbocycles. The molecule has 0 N–H and O–H groups in total. The van der Waals surface area contributed by atoms with Crippen LogP contribution in [0.15, 0.2) is 41.8 Å². The highest BCUT2D eigenvalue weighted by atomic mass is 32.2. The van der Waals surface area contributed by atoms with Gasteiger partial charge in [-0.25, -0.2) is 14.5 Å². The average molecular weight is 300 g/mol. The number of hydrogen-bond acceptors (Lipinski definition) is 5. The third-order valence-corrected chi connectivity index (χ3v) is 4.01. The van der Waals surface area contributed by atoms with E-state index in [-0.39, 0.29) is 0 Å². The van der Waals surface area contributed by atoms with Gasteiger partial charge < -0.3 is 4.74 Å². The maximum Gasteiger partial charge on any atom is 0.116 e. The molecule has 0 aliphatic heterocycles. The van der Waals surface area contributed by atoms with Crippen LogP contribution in [-0.2, 0) is 11.2 Å². The lowest BCUT2D eigenvalue weighted by Crippen LogP contribution is -1.98. The molecule has 108 valence electrons. The maximum atomic E-state index is 5.20. The van der Waals surface area contributed by atoms with E-state index in [1.807, 2.05) is 16.6 Å². The normalized spacial score (nSPS) is 11.1. The summed E-state index contributed by atoms with van der Waals surface area (Å²) in [6, 6.07) is 8.10. The summed E-state index contributed by atoms with van der Waals surface area (Å²) in [4.78, 5) is 8.38. The zero-order valence-electron chi connectivity index (χ0n) is 12.0. The number of methoxy groups -OCH3 is 1. The third-order valence-electron chi connectivity index (χ3n) is 3.29. The number of fused-ring (bicyclic) bond motifs is 1. The molecule has 0 atom stereocenters. The molecule has 3 rings (SSSR count). The van der Waals surface area contributed by atoms with Gasteiger partial charge in [-0.1, -0.05) is 6.07 Å². The smallest absolute Gasteiger partial charge is 0.116 e. The van der Waals surface area contributed by atoms with Crippen LogP contribution in [0.25, 0.3) is 16.8 Å². The number of pyridine rings is 1. The van der Waals surface area contributed by atoms with Gasteiger partial charge in [0.15, 0.2) is 0 Å². The topological polar surface area (TPSA) is 52.3 Å². The van der Waals surface area contributed by atoms with Crippen LogP contribution in [0.4, 0.5) is 0 Å². The van der Waals surface area contributed by atoms with Crippen LogP contribution in [0.2, 0.25) is 0 Å². The highest BCUT2D eigenvalue weighted by Gasteiger charge is 2.16. The van der Waals surface area contributed by atoms with E-state index in [1.165, 1.54) is 0 Å². The Kier molecular flexibility index (Phi) is 4.17. The monoisotopic (exact) mass is 300 g/mol. The minimum atomic E-state index is 0.635. The molecule has 0 fully saturated rings. The zero-order chi connectivity index (χ0) is 14.7. The summed E-state index contributed by atoms with van der Waals surface area (Å²) in [6.07, 6.45) is 6.13. The minimum Gasteiger partial charge on any atom is -0.384 e. The summed E-state index contributed by atoms with van der Waals surface area (Å²) in [5, 5.41) is 5.86. The Hall–Kier alpha value is -1.92. The number of rotatable bonds is 5. The van der Waals surface area contributed by atoms with E-state index in [9.17, 15) is 0 Å². The minimum absolute atomic E-state index is 0.635. The highest BCUT2D eigenvalue weighted by molar-refractivity contribution is 7.98. The molecule has 0 bridgehead atoms. The molecule has 0 aliphatic carbocycles. The van der Waals surface area contributed by atoms with Crippen LogP contribution >= 0.6 is 11.8 Å². The van der Waals surface area contributed by atoms with E-state index in [4.69, 9.17) is 9.84 Å². The van der Waals surface area contributed by atoms with E-state index >= 15 is 0 Å². The summed E-state index contributed by atoms with van der Waals surface area (Å²) in [7, 11) is 1.70. The molecule has 5 nitrogen and oxygen atoms in total. The second-order valence-corrected chi connectivity index (χ2v) is 5.35. The number of thioether (sulfide) groups is 1. The fourth-order valence-corrected chi connectivity index (χ4v) is 2.87. The molecule has 6 heteroatoms. The van der Waals surface area contributed by atoms with Crippen molar-refractivity contribution in [2.45, 2.75) is 11.4 Å². The van der Waals surface area contributed by atoms with Gasteiger partial charge in [0.25, 0.3) is 0 Å². The number of aromatic nitrogens is 4. The van der Waals surface area contributed by atoms with E-state index in [0.29, 0.717) is 6.61 Å². The van der Waals surface area contributed by atoms with Gasteiger partial charge in [0.2, 0.25) is 0 Å². The molecule has 0 saturated carbocycles. The van der Waals surface area contributed by atoms with Crippen LogP contribution in [-0.4, -0.2) is 39.6 Å². The molecule has 0 aliphatic rings. The summed E-state index contributed by atoms with van der Waals surface area (Å²) in [6.45, 7) is 0.635. The lowest BCUT2D eigenvalue weighted by atomic mass is 10.1. The Labute approximate surface area is 127 Å². The van der Waals surface area contributed by atoms with Crippen molar-refractivity contribution in [2.75, 3.05) is 20.0 Å². The van der Waals surface area contributed by atoms with E-state index in [1.54, 1.807) is 31.4 Å². The first-order chi connectivity index (χ1) is 10.3. The van der Waals surface area contributed by atoms with Gasteiger partial charge in [-0.05, 0) is 24.5 Å². The first-order valence-corrected chi connectivity index (χ1v) is 7.87. The Morgan fingerprint density at radius 1 is 1.29 bits per heavy atom. The molecule has 0 unspecified atom stereocenters. The summed E-state index contributed by atoms with van der Waals surface area (Å²) < 4.78 is 7.18. The van der Waals surface area contributed by atoms with Crippen molar-refractivity contribution in [3.05, 3.63) is 42.5 Å². The van der Waals surface area contributed by atoms with Crippen molar-refractivity contribution in [1.82, 2.24) is 19.6 Å². The highest BCUT2D eigenvalue weighted by Crippen LogP contribution is 2.29. The van der Waals surface area contributed by atoms with Crippen molar-refractivity contribution in [3.8, 4) is 11.3 Å². The van der Waals surface area contributed by atoms with Gasteiger partial charge >= 0.3 is 0 Å². The van der Waals surface area contributed by atoms with Gasteiger partial charge in [-0.2, -0.15) is 5.10 Å². The molecule has 0 spiro atoms. The molecule has 21 heavy (non-hydrogen) atoms. The Morgan fingerprint density at radius 3 is 2.90 bits per heavy atom. The second-order valence-electron chi connectivity index (χ2n) is 4.52. The Balaban J connectivity index is 2.23. The molecule has 3 aromatic heterocycles. The molecule has 3 heterocycles. The fraction of sp³-hybridized carbons (Fsp3) is 0.267. The van der Waals surface area contributed by atoms with Gasteiger partial charge in [0, 0.05) is 25.3 Å². The van der Waals surface area contributed by atoms with Gasteiger partial charge in [0.1, 0.15) is 6.33 Å². The van der Waals surface area contributed by atoms with Crippen molar-refractivity contribution < 1.29 is 4.74 Å². The molecule has 0 radical (unpaired) electrons. The number of hydrogen-bond donors (Lipinski definition) is 0. The quantitative estimate of drug-likeness (QED) is 0.678. The van der Waals surface area contributed by atoms with E-state index < -0.39 is 0 Å². The predicted octanol–water partition coefficient (Wildman–Crippen LogP) is 2.70. The first kappa shape index (κ1) is 14.0. The lowest BCUT2D eigenvalue weighted by molar-refractivity contribution is 0.201. The van der Waals surface area contributed by atoms with Crippen LogP contribution in [0.1, 0.15) is 5.69 Å². The fourth-order valence-electron chi connectivity index (χ4n) is 2.34. The SMILES string of the molecule is COCCc1nn2c(SC)cccc2c1-c1ccncn1. The van der Waals surface area contributed by atoms with Gasteiger partial charge in [-0.15, -0.1) is 11.8 Å². The van der Waals surface area contributed by atoms with Gasteiger partial charge in [0.05, 0.1) is 28.5 Å². The van der Waals surface area contributed by atoms with Crippen LogP contribution in [0.3, 0.4) is 0 Å². The third kappa shape index (κ3) is 2.64. The summed E-state index contributed by atoms with van der Waals surface area (Å²) in [5.41, 5.74) is 4.01. The van der Waals surface area contributed by atoms with E-state index in [2.05, 4.69) is 28.4 Å². The van der Waals surface area contributed by atoms with Crippen LogP contribution in [0.5, 0.6) is 0 Å². The number of nitrogens with zero attached hydrogens (tertiary/aromatic N) is 4. The van der Waals surface area contributed by atoms with Crippen molar-refractivity contribution >= 4 is 17.3 Å². The summed E-state index contributed by atoms with van der Waals surface area (Å²) >= 11 is 1.68. The predicted molar refractivity (Wildman–Crippen MR) is 83.6 cm³/mol. The summed E-state index contributed by atoms with van der Waals surface area (Å²) in [5.74, 6) is 0. The molecule has 3 aromatic rings. The van der Waals surface area contributed by atoms with Crippen LogP contribution in [0, 0.1) is 0 Å². The molecular weight excluding hydrogens is 284 g/mol.